The second kappa shape index (κ2) is 5.01. The SMILES string of the molecule is O=C(CN1C(=O)c2ccccc2C1=O)OC1CCOC1=O. The van der Waals surface area contributed by atoms with E-state index < -0.39 is 36.4 Å². The molecule has 1 aromatic carbocycles. The number of hydrogen-bond donors (Lipinski definition) is 0. The summed E-state index contributed by atoms with van der Waals surface area (Å²) in [5.41, 5.74) is 0.520. The lowest BCUT2D eigenvalue weighted by molar-refractivity contribution is -0.160. The standard InChI is InChI=1S/C14H11NO6/c16-11(21-10-5-6-20-14(10)19)7-15-12(17)8-3-1-2-4-9(8)13(15)18/h1-4,10H,5-7H2. The lowest BCUT2D eigenvalue weighted by Gasteiger charge is -2.14. The van der Waals surface area contributed by atoms with Crippen LogP contribution in [0.1, 0.15) is 27.1 Å². The molecule has 2 aliphatic heterocycles. The summed E-state index contributed by atoms with van der Waals surface area (Å²) in [5, 5.41) is 0. The summed E-state index contributed by atoms with van der Waals surface area (Å²) < 4.78 is 9.59. The number of amides is 2. The van der Waals surface area contributed by atoms with Crippen LogP contribution in [0, 0.1) is 0 Å². The highest BCUT2D eigenvalue weighted by Gasteiger charge is 2.38. The molecule has 0 radical (unpaired) electrons. The van der Waals surface area contributed by atoms with E-state index in [2.05, 4.69) is 4.74 Å². The van der Waals surface area contributed by atoms with Crippen molar-refractivity contribution in [3.63, 3.8) is 0 Å². The van der Waals surface area contributed by atoms with Crippen LogP contribution in [0.3, 0.4) is 0 Å². The molecule has 1 aromatic rings. The Morgan fingerprint density at radius 2 is 1.81 bits per heavy atom. The van der Waals surface area contributed by atoms with Crippen molar-refractivity contribution in [1.29, 1.82) is 0 Å². The molecular formula is C14H11NO6. The summed E-state index contributed by atoms with van der Waals surface area (Å²) in [6.07, 6.45) is -0.667. The van der Waals surface area contributed by atoms with Crippen LogP contribution in [0.5, 0.6) is 0 Å². The first kappa shape index (κ1) is 13.3. The minimum Gasteiger partial charge on any atom is -0.463 e. The third-order valence-corrected chi connectivity index (χ3v) is 3.33. The van der Waals surface area contributed by atoms with Gasteiger partial charge in [0.15, 0.2) is 0 Å². The van der Waals surface area contributed by atoms with Crippen LogP contribution in [0.15, 0.2) is 24.3 Å². The molecule has 7 heteroatoms. The normalized spacial score (nSPS) is 20.5. The average Bonchev–Trinajstić information content (AvgIpc) is 2.97. The zero-order valence-electron chi connectivity index (χ0n) is 10.9. The zero-order chi connectivity index (χ0) is 15.0. The van der Waals surface area contributed by atoms with E-state index in [1.807, 2.05) is 0 Å². The fraction of sp³-hybridized carbons (Fsp3) is 0.286. The van der Waals surface area contributed by atoms with E-state index in [-0.39, 0.29) is 24.2 Å². The first-order valence-corrected chi connectivity index (χ1v) is 6.39. The number of fused-ring (bicyclic) bond motifs is 1. The van der Waals surface area contributed by atoms with E-state index >= 15 is 0 Å². The van der Waals surface area contributed by atoms with Crippen LogP contribution >= 0.6 is 0 Å². The molecule has 1 saturated heterocycles. The summed E-state index contributed by atoms with van der Waals surface area (Å²) in [7, 11) is 0. The summed E-state index contributed by atoms with van der Waals surface area (Å²) in [6.45, 7) is -0.320. The quantitative estimate of drug-likeness (QED) is 0.581. The maximum atomic E-state index is 12.0. The number of benzene rings is 1. The topological polar surface area (TPSA) is 90.0 Å². The summed E-state index contributed by atoms with van der Waals surface area (Å²) >= 11 is 0. The fourth-order valence-corrected chi connectivity index (χ4v) is 2.29. The smallest absolute Gasteiger partial charge is 0.347 e. The van der Waals surface area contributed by atoms with Crippen LogP contribution in [-0.4, -0.2) is 47.9 Å². The first-order valence-electron chi connectivity index (χ1n) is 6.39. The molecule has 7 nitrogen and oxygen atoms in total. The number of carbonyl (C=O) groups is 4. The number of nitrogens with zero attached hydrogens (tertiary/aromatic N) is 1. The van der Waals surface area contributed by atoms with Crippen molar-refractivity contribution in [2.45, 2.75) is 12.5 Å². The van der Waals surface area contributed by atoms with Gasteiger partial charge in [0.05, 0.1) is 17.7 Å². The number of imide groups is 1. The fourth-order valence-electron chi connectivity index (χ4n) is 2.29. The van der Waals surface area contributed by atoms with Gasteiger partial charge in [-0.05, 0) is 12.1 Å². The molecule has 21 heavy (non-hydrogen) atoms. The van der Waals surface area contributed by atoms with E-state index in [1.165, 1.54) is 12.1 Å². The maximum absolute atomic E-state index is 12.0. The van der Waals surface area contributed by atoms with E-state index in [4.69, 9.17) is 4.74 Å². The Hall–Kier alpha value is -2.70. The van der Waals surface area contributed by atoms with Crippen molar-refractivity contribution < 1.29 is 28.7 Å². The molecule has 0 aliphatic carbocycles. The van der Waals surface area contributed by atoms with Gasteiger partial charge in [-0.15, -0.1) is 0 Å². The van der Waals surface area contributed by atoms with Crippen LogP contribution < -0.4 is 0 Å². The number of cyclic esters (lactones) is 1. The van der Waals surface area contributed by atoms with Gasteiger partial charge < -0.3 is 9.47 Å². The third-order valence-electron chi connectivity index (χ3n) is 3.33. The van der Waals surface area contributed by atoms with Gasteiger partial charge in [-0.2, -0.15) is 0 Å². The third kappa shape index (κ3) is 2.26. The average molecular weight is 289 g/mol. The van der Waals surface area contributed by atoms with Gasteiger partial charge in [-0.1, -0.05) is 12.1 Å². The van der Waals surface area contributed by atoms with Gasteiger partial charge in [-0.25, -0.2) is 4.79 Å². The van der Waals surface area contributed by atoms with Gasteiger partial charge in [0.25, 0.3) is 11.8 Å². The summed E-state index contributed by atoms with van der Waals surface area (Å²) in [4.78, 5) is 47.9. The van der Waals surface area contributed by atoms with Gasteiger partial charge in [0.2, 0.25) is 6.10 Å². The number of hydrogen-bond acceptors (Lipinski definition) is 6. The Morgan fingerprint density at radius 3 is 2.33 bits per heavy atom. The van der Waals surface area contributed by atoms with Gasteiger partial charge in [0, 0.05) is 6.42 Å². The molecule has 2 aliphatic rings. The lowest BCUT2D eigenvalue weighted by Crippen LogP contribution is -2.37. The van der Waals surface area contributed by atoms with E-state index in [0.717, 1.165) is 4.90 Å². The lowest BCUT2D eigenvalue weighted by atomic mass is 10.1. The number of ether oxygens (including phenoxy) is 2. The molecule has 108 valence electrons. The molecule has 1 fully saturated rings. The van der Waals surface area contributed by atoms with E-state index in [1.54, 1.807) is 12.1 Å². The monoisotopic (exact) mass is 289 g/mol. The minimum atomic E-state index is -0.951. The van der Waals surface area contributed by atoms with E-state index in [0.29, 0.717) is 0 Å². The Balaban J connectivity index is 1.69. The molecule has 0 N–H and O–H groups in total. The minimum absolute atomic E-state index is 0.198. The molecule has 2 heterocycles. The Labute approximate surface area is 119 Å². The van der Waals surface area contributed by atoms with Crippen molar-refractivity contribution in [2.24, 2.45) is 0 Å². The second-order valence-electron chi connectivity index (χ2n) is 4.68. The molecule has 3 rings (SSSR count). The number of esters is 2. The van der Waals surface area contributed by atoms with Crippen molar-refractivity contribution in [3.05, 3.63) is 35.4 Å². The highest BCUT2D eigenvalue weighted by Crippen LogP contribution is 2.22. The molecule has 0 bridgehead atoms. The zero-order valence-corrected chi connectivity index (χ0v) is 10.9. The van der Waals surface area contributed by atoms with E-state index in [9.17, 15) is 19.2 Å². The predicted molar refractivity (Wildman–Crippen MR) is 67.3 cm³/mol. The molecule has 1 unspecified atom stereocenters. The Morgan fingerprint density at radius 1 is 1.19 bits per heavy atom. The van der Waals surface area contributed by atoms with Gasteiger partial charge >= 0.3 is 11.9 Å². The largest absolute Gasteiger partial charge is 0.463 e. The molecule has 0 aromatic heterocycles. The highest BCUT2D eigenvalue weighted by molar-refractivity contribution is 6.22. The Bertz CT molecular complexity index is 618. The molecule has 0 spiro atoms. The molecule has 2 amide bonds. The Kier molecular flexibility index (Phi) is 3.17. The van der Waals surface area contributed by atoms with Gasteiger partial charge in [-0.3, -0.25) is 19.3 Å². The van der Waals surface area contributed by atoms with Crippen molar-refractivity contribution in [2.75, 3.05) is 13.2 Å². The van der Waals surface area contributed by atoms with Crippen LogP contribution in [0.2, 0.25) is 0 Å². The molecule has 0 saturated carbocycles. The van der Waals surface area contributed by atoms with Crippen molar-refractivity contribution in [3.8, 4) is 0 Å². The van der Waals surface area contributed by atoms with Crippen LogP contribution in [0.25, 0.3) is 0 Å². The van der Waals surface area contributed by atoms with Crippen molar-refractivity contribution >= 4 is 23.8 Å². The molecule has 1 atom stereocenters. The summed E-state index contributed by atoms with van der Waals surface area (Å²) in [6, 6.07) is 6.32. The van der Waals surface area contributed by atoms with Crippen molar-refractivity contribution in [1.82, 2.24) is 4.90 Å². The molecular weight excluding hydrogens is 278 g/mol. The highest BCUT2D eigenvalue weighted by atomic mass is 16.6. The first-order chi connectivity index (χ1) is 10.1. The predicted octanol–water partition coefficient (Wildman–Crippen LogP) is 0.141. The van der Waals surface area contributed by atoms with Gasteiger partial charge in [0.1, 0.15) is 6.54 Å². The number of rotatable bonds is 3. The maximum Gasteiger partial charge on any atom is 0.347 e. The van der Waals surface area contributed by atoms with Crippen LogP contribution in [-0.2, 0) is 19.1 Å². The van der Waals surface area contributed by atoms with Crippen LogP contribution in [0.4, 0.5) is 0 Å². The number of carbonyl (C=O) groups excluding carboxylic acids is 4. The summed E-state index contributed by atoms with van der Waals surface area (Å²) in [5.74, 6) is -2.50. The second-order valence-corrected chi connectivity index (χ2v) is 4.68.